The molecule has 1 atom stereocenters. The molecule has 100 valence electrons. The molecule has 1 N–H and O–H groups in total. The number of halogens is 1. The second-order valence-electron chi connectivity index (χ2n) is 4.42. The number of aryl methyl sites for hydroxylation is 1. The first-order valence-corrected chi connectivity index (χ1v) is 7.69. The van der Waals surface area contributed by atoms with Crippen molar-refractivity contribution in [2.45, 2.75) is 19.8 Å². The Kier molecular flexibility index (Phi) is 4.71. The molecule has 1 amide bonds. The Bertz CT molecular complexity index is 569. The SMILES string of the molecule is Cc1cccc(C(=O)NCC(C)c2nccs2)c1Br. The summed E-state index contributed by atoms with van der Waals surface area (Å²) in [6, 6.07) is 5.68. The summed E-state index contributed by atoms with van der Waals surface area (Å²) in [6.45, 7) is 4.62. The third kappa shape index (κ3) is 3.42. The average Bonchev–Trinajstić information content (AvgIpc) is 2.93. The summed E-state index contributed by atoms with van der Waals surface area (Å²) in [6.07, 6.45) is 1.79. The normalized spacial score (nSPS) is 12.2. The summed E-state index contributed by atoms with van der Waals surface area (Å²) in [5, 5.41) is 5.95. The molecule has 0 aliphatic heterocycles. The smallest absolute Gasteiger partial charge is 0.252 e. The van der Waals surface area contributed by atoms with Gasteiger partial charge < -0.3 is 5.32 Å². The Morgan fingerprint density at radius 2 is 2.32 bits per heavy atom. The molecule has 0 aliphatic rings. The van der Waals surface area contributed by atoms with Crippen LogP contribution in [0.15, 0.2) is 34.2 Å². The standard InChI is InChI=1S/C14H15BrN2OS/c1-9-4-3-5-11(12(9)15)13(18)17-8-10(2)14-16-6-7-19-14/h3-7,10H,8H2,1-2H3,(H,17,18). The molecule has 1 heterocycles. The van der Waals surface area contributed by atoms with Crippen LogP contribution in [0.4, 0.5) is 0 Å². The van der Waals surface area contributed by atoms with Crippen LogP contribution in [0.25, 0.3) is 0 Å². The fraction of sp³-hybridized carbons (Fsp3) is 0.286. The first kappa shape index (κ1) is 14.2. The number of rotatable bonds is 4. The van der Waals surface area contributed by atoms with Crippen molar-refractivity contribution in [3.63, 3.8) is 0 Å². The van der Waals surface area contributed by atoms with Crippen molar-refractivity contribution in [3.05, 3.63) is 50.4 Å². The van der Waals surface area contributed by atoms with Crippen molar-refractivity contribution < 1.29 is 4.79 Å². The Morgan fingerprint density at radius 3 is 3.00 bits per heavy atom. The van der Waals surface area contributed by atoms with Gasteiger partial charge in [-0.05, 0) is 34.5 Å². The maximum atomic E-state index is 12.1. The molecule has 1 aromatic carbocycles. The summed E-state index contributed by atoms with van der Waals surface area (Å²) in [5.41, 5.74) is 1.73. The molecule has 0 radical (unpaired) electrons. The highest BCUT2D eigenvalue weighted by Gasteiger charge is 2.13. The zero-order valence-electron chi connectivity index (χ0n) is 10.8. The Hall–Kier alpha value is -1.20. The van der Waals surface area contributed by atoms with Crippen LogP contribution >= 0.6 is 27.3 Å². The van der Waals surface area contributed by atoms with Crippen LogP contribution < -0.4 is 5.32 Å². The van der Waals surface area contributed by atoms with E-state index in [0.29, 0.717) is 12.1 Å². The van der Waals surface area contributed by atoms with E-state index in [4.69, 9.17) is 0 Å². The number of carbonyl (C=O) groups excluding carboxylic acids is 1. The lowest BCUT2D eigenvalue weighted by atomic mass is 10.1. The van der Waals surface area contributed by atoms with Gasteiger partial charge in [-0.25, -0.2) is 4.98 Å². The molecule has 1 unspecified atom stereocenters. The zero-order chi connectivity index (χ0) is 13.8. The fourth-order valence-electron chi connectivity index (χ4n) is 1.73. The van der Waals surface area contributed by atoms with Crippen LogP contribution in [0.1, 0.15) is 33.8 Å². The lowest BCUT2D eigenvalue weighted by molar-refractivity contribution is 0.0951. The topological polar surface area (TPSA) is 42.0 Å². The van der Waals surface area contributed by atoms with E-state index in [0.717, 1.165) is 15.0 Å². The van der Waals surface area contributed by atoms with Gasteiger partial charge in [0.25, 0.3) is 5.91 Å². The molecule has 1 aromatic heterocycles. The predicted molar refractivity (Wildman–Crippen MR) is 81.7 cm³/mol. The number of hydrogen-bond acceptors (Lipinski definition) is 3. The summed E-state index contributed by atoms with van der Waals surface area (Å²) in [4.78, 5) is 16.4. The van der Waals surface area contributed by atoms with Crippen LogP contribution in [0.5, 0.6) is 0 Å². The molecule has 2 rings (SSSR count). The van der Waals surface area contributed by atoms with Gasteiger partial charge in [0.2, 0.25) is 0 Å². The van der Waals surface area contributed by atoms with E-state index in [1.165, 1.54) is 0 Å². The largest absolute Gasteiger partial charge is 0.351 e. The number of nitrogens with zero attached hydrogens (tertiary/aromatic N) is 1. The van der Waals surface area contributed by atoms with Crippen LogP contribution in [0.2, 0.25) is 0 Å². The van der Waals surface area contributed by atoms with Crippen molar-refractivity contribution in [2.75, 3.05) is 6.54 Å². The first-order chi connectivity index (χ1) is 9.09. The number of aromatic nitrogens is 1. The Morgan fingerprint density at radius 1 is 1.53 bits per heavy atom. The van der Waals surface area contributed by atoms with E-state index < -0.39 is 0 Å². The quantitative estimate of drug-likeness (QED) is 0.922. The molecule has 5 heteroatoms. The van der Waals surface area contributed by atoms with Gasteiger partial charge in [0.05, 0.1) is 10.6 Å². The van der Waals surface area contributed by atoms with Crippen LogP contribution in [-0.2, 0) is 0 Å². The third-order valence-corrected chi connectivity index (χ3v) is 4.94. The molecule has 2 aromatic rings. The van der Waals surface area contributed by atoms with E-state index in [2.05, 4.69) is 33.2 Å². The molecule has 0 fully saturated rings. The molecule has 0 saturated heterocycles. The predicted octanol–water partition coefficient (Wildman–Crippen LogP) is 3.75. The van der Waals surface area contributed by atoms with Crippen molar-refractivity contribution in [1.82, 2.24) is 10.3 Å². The highest BCUT2D eigenvalue weighted by Crippen LogP contribution is 2.21. The van der Waals surface area contributed by atoms with E-state index >= 15 is 0 Å². The maximum Gasteiger partial charge on any atom is 0.252 e. The first-order valence-electron chi connectivity index (χ1n) is 6.02. The van der Waals surface area contributed by atoms with Crippen LogP contribution in [-0.4, -0.2) is 17.4 Å². The summed E-state index contributed by atoms with van der Waals surface area (Å²) in [5.74, 6) is 0.173. The van der Waals surface area contributed by atoms with Gasteiger partial charge in [0.15, 0.2) is 0 Å². The summed E-state index contributed by atoms with van der Waals surface area (Å²) >= 11 is 5.07. The van der Waals surface area contributed by atoms with Crippen molar-refractivity contribution in [1.29, 1.82) is 0 Å². The number of nitrogens with one attached hydrogen (secondary N) is 1. The van der Waals surface area contributed by atoms with Gasteiger partial charge in [-0.2, -0.15) is 0 Å². The number of thiazole rings is 1. The zero-order valence-corrected chi connectivity index (χ0v) is 13.2. The Labute approximate surface area is 125 Å². The van der Waals surface area contributed by atoms with Gasteiger partial charge in [-0.3, -0.25) is 4.79 Å². The van der Waals surface area contributed by atoms with Gasteiger partial charge >= 0.3 is 0 Å². The van der Waals surface area contributed by atoms with Gasteiger partial charge in [0.1, 0.15) is 0 Å². The van der Waals surface area contributed by atoms with E-state index in [1.807, 2.05) is 30.5 Å². The van der Waals surface area contributed by atoms with E-state index in [-0.39, 0.29) is 11.8 Å². The highest BCUT2D eigenvalue weighted by molar-refractivity contribution is 9.10. The highest BCUT2D eigenvalue weighted by atomic mass is 79.9. The minimum absolute atomic E-state index is 0.0565. The molecule has 3 nitrogen and oxygen atoms in total. The molecule has 0 aliphatic carbocycles. The Balaban J connectivity index is 2.00. The second kappa shape index (κ2) is 6.30. The molecule has 19 heavy (non-hydrogen) atoms. The number of amides is 1. The lowest BCUT2D eigenvalue weighted by Crippen LogP contribution is -2.27. The lowest BCUT2D eigenvalue weighted by Gasteiger charge is -2.11. The minimum Gasteiger partial charge on any atom is -0.351 e. The van der Waals surface area contributed by atoms with Crippen LogP contribution in [0.3, 0.4) is 0 Å². The average molecular weight is 339 g/mol. The van der Waals surface area contributed by atoms with Crippen molar-refractivity contribution in [2.24, 2.45) is 0 Å². The number of hydrogen-bond donors (Lipinski definition) is 1. The second-order valence-corrected chi connectivity index (χ2v) is 6.14. The number of benzene rings is 1. The molecular formula is C14H15BrN2OS. The van der Waals surface area contributed by atoms with Crippen LogP contribution in [0, 0.1) is 6.92 Å². The van der Waals surface area contributed by atoms with E-state index in [1.54, 1.807) is 17.5 Å². The van der Waals surface area contributed by atoms with Crippen molar-refractivity contribution in [3.8, 4) is 0 Å². The van der Waals surface area contributed by atoms with Gasteiger partial charge in [-0.1, -0.05) is 19.1 Å². The van der Waals surface area contributed by atoms with E-state index in [9.17, 15) is 4.79 Å². The molecule has 0 spiro atoms. The fourth-order valence-corrected chi connectivity index (χ4v) is 2.87. The summed E-state index contributed by atoms with van der Waals surface area (Å²) in [7, 11) is 0. The van der Waals surface area contributed by atoms with Crippen molar-refractivity contribution >= 4 is 33.2 Å². The molecule has 0 bridgehead atoms. The summed E-state index contributed by atoms with van der Waals surface area (Å²) < 4.78 is 0.856. The molecule has 0 saturated carbocycles. The third-order valence-electron chi connectivity index (χ3n) is 2.88. The maximum absolute atomic E-state index is 12.1. The van der Waals surface area contributed by atoms with Gasteiger partial charge in [-0.15, -0.1) is 11.3 Å². The number of carbonyl (C=O) groups is 1. The van der Waals surface area contributed by atoms with Gasteiger partial charge in [0, 0.05) is 28.5 Å². The monoisotopic (exact) mass is 338 g/mol. The molecular weight excluding hydrogens is 324 g/mol. The minimum atomic E-state index is -0.0565.